The molecule has 2 rings (SSSR count). The van der Waals surface area contributed by atoms with Crippen molar-refractivity contribution in [3.63, 3.8) is 0 Å². The van der Waals surface area contributed by atoms with Gasteiger partial charge < -0.3 is 10.1 Å². The fourth-order valence-corrected chi connectivity index (χ4v) is 2.47. The van der Waals surface area contributed by atoms with E-state index < -0.39 is 6.09 Å². The van der Waals surface area contributed by atoms with Gasteiger partial charge in [0.25, 0.3) is 0 Å². The summed E-state index contributed by atoms with van der Waals surface area (Å²) in [5, 5.41) is 6.74. The molecule has 0 bridgehead atoms. The Bertz CT molecular complexity index is 459. The predicted molar refractivity (Wildman–Crippen MR) is 81.4 cm³/mol. The van der Waals surface area contributed by atoms with Crippen LogP contribution in [0.3, 0.4) is 0 Å². The molecule has 1 fully saturated rings. The minimum Gasteiger partial charge on any atom is -0.449 e. The van der Waals surface area contributed by atoms with Crippen LogP contribution in [0.25, 0.3) is 0 Å². The molecule has 20 heavy (non-hydrogen) atoms. The van der Waals surface area contributed by atoms with Crippen molar-refractivity contribution >= 4 is 23.4 Å². The van der Waals surface area contributed by atoms with Gasteiger partial charge >= 0.3 is 6.09 Å². The Hall–Kier alpha value is -1.26. The van der Waals surface area contributed by atoms with Gasteiger partial charge in [-0.1, -0.05) is 24.1 Å². The zero-order valence-corrected chi connectivity index (χ0v) is 12.5. The number of ether oxygens (including phenoxy) is 1. The Morgan fingerprint density at radius 2 is 2.35 bits per heavy atom. The third-order valence-corrected chi connectivity index (χ3v) is 3.94. The first-order chi connectivity index (χ1) is 9.65. The zero-order valence-electron chi connectivity index (χ0n) is 11.7. The van der Waals surface area contributed by atoms with E-state index in [1.54, 1.807) is 6.07 Å². The second kappa shape index (κ2) is 7.50. The van der Waals surface area contributed by atoms with Crippen molar-refractivity contribution in [3.05, 3.63) is 28.8 Å². The summed E-state index contributed by atoms with van der Waals surface area (Å²) in [5.74, 6) is 0. The molecule has 1 heterocycles. The number of carbonyl (C=O) groups excluding carboxylic acids is 1. The van der Waals surface area contributed by atoms with Gasteiger partial charge in [-0.05, 0) is 50.4 Å². The Morgan fingerprint density at radius 1 is 1.50 bits per heavy atom. The number of aryl methyl sites for hydroxylation is 1. The van der Waals surface area contributed by atoms with Crippen molar-refractivity contribution in [3.8, 4) is 0 Å². The van der Waals surface area contributed by atoms with Gasteiger partial charge in [-0.25, -0.2) is 4.79 Å². The maximum atomic E-state index is 11.7. The number of anilines is 1. The predicted octanol–water partition coefficient (Wildman–Crippen LogP) is 3.73. The number of piperidine rings is 1. The number of amides is 1. The number of hydrogen-bond acceptors (Lipinski definition) is 3. The molecule has 0 aliphatic carbocycles. The lowest BCUT2D eigenvalue weighted by atomic mass is 10.0. The van der Waals surface area contributed by atoms with E-state index in [4.69, 9.17) is 16.3 Å². The number of rotatable bonds is 4. The van der Waals surface area contributed by atoms with Crippen LogP contribution in [0.4, 0.5) is 10.5 Å². The molecule has 1 unspecified atom stereocenters. The maximum absolute atomic E-state index is 11.7. The third kappa shape index (κ3) is 4.69. The van der Waals surface area contributed by atoms with E-state index in [1.807, 2.05) is 19.1 Å². The van der Waals surface area contributed by atoms with Crippen molar-refractivity contribution < 1.29 is 9.53 Å². The molecule has 110 valence electrons. The minimum atomic E-state index is -0.430. The average molecular weight is 297 g/mol. The molecule has 5 heteroatoms. The fraction of sp³-hybridized carbons (Fsp3) is 0.533. The summed E-state index contributed by atoms with van der Waals surface area (Å²) in [6.07, 6.45) is 4.10. The average Bonchev–Trinajstić information content (AvgIpc) is 2.44. The molecular formula is C15H21ClN2O2. The van der Waals surface area contributed by atoms with Gasteiger partial charge in [0.15, 0.2) is 0 Å². The van der Waals surface area contributed by atoms with Gasteiger partial charge in [0.05, 0.1) is 6.61 Å². The molecule has 1 amide bonds. The summed E-state index contributed by atoms with van der Waals surface area (Å²) in [4.78, 5) is 11.7. The molecule has 0 radical (unpaired) electrons. The smallest absolute Gasteiger partial charge is 0.411 e. The van der Waals surface area contributed by atoms with Gasteiger partial charge in [0, 0.05) is 16.8 Å². The van der Waals surface area contributed by atoms with E-state index in [2.05, 4.69) is 10.6 Å². The molecule has 0 saturated carbocycles. The lowest BCUT2D eigenvalue weighted by Crippen LogP contribution is -2.35. The normalized spacial score (nSPS) is 18.6. The third-order valence-electron chi connectivity index (χ3n) is 3.53. The molecule has 1 aromatic rings. The Balaban J connectivity index is 1.70. The van der Waals surface area contributed by atoms with Crippen molar-refractivity contribution in [1.29, 1.82) is 0 Å². The van der Waals surface area contributed by atoms with E-state index in [0.717, 1.165) is 18.5 Å². The highest BCUT2D eigenvalue weighted by molar-refractivity contribution is 6.31. The summed E-state index contributed by atoms with van der Waals surface area (Å²) >= 11 is 6.00. The molecular weight excluding hydrogens is 276 g/mol. The minimum absolute atomic E-state index is 0.430. The van der Waals surface area contributed by atoms with Gasteiger partial charge in [-0.15, -0.1) is 0 Å². The van der Waals surface area contributed by atoms with E-state index >= 15 is 0 Å². The van der Waals surface area contributed by atoms with Gasteiger partial charge in [-0.3, -0.25) is 5.32 Å². The van der Waals surface area contributed by atoms with Gasteiger partial charge in [0.1, 0.15) is 0 Å². The molecule has 4 nitrogen and oxygen atoms in total. The topological polar surface area (TPSA) is 50.4 Å². The molecule has 1 aromatic carbocycles. The van der Waals surface area contributed by atoms with Crippen molar-refractivity contribution in [2.45, 2.75) is 38.6 Å². The molecule has 2 N–H and O–H groups in total. The first-order valence-electron chi connectivity index (χ1n) is 7.08. The summed E-state index contributed by atoms with van der Waals surface area (Å²) in [7, 11) is 0. The van der Waals surface area contributed by atoms with Gasteiger partial charge in [-0.2, -0.15) is 0 Å². The molecule has 0 spiro atoms. The Morgan fingerprint density at radius 3 is 3.05 bits per heavy atom. The second-order valence-corrected chi connectivity index (χ2v) is 5.57. The van der Waals surface area contributed by atoms with Crippen LogP contribution < -0.4 is 10.6 Å². The van der Waals surface area contributed by atoms with E-state index in [0.29, 0.717) is 23.4 Å². The van der Waals surface area contributed by atoms with Crippen molar-refractivity contribution in [2.24, 2.45) is 0 Å². The largest absolute Gasteiger partial charge is 0.449 e. The quantitative estimate of drug-likeness (QED) is 0.890. The standard InChI is InChI=1S/C15H21ClN2O2/c1-11-5-6-13(10-14(11)16)18-15(19)20-9-7-12-4-2-3-8-17-12/h5-6,10,12,17H,2-4,7-9H2,1H3,(H,18,19). The second-order valence-electron chi connectivity index (χ2n) is 5.16. The highest BCUT2D eigenvalue weighted by Gasteiger charge is 2.13. The first kappa shape index (κ1) is 15.1. The van der Waals surface area contributed by atoms with Crippen LogP contribution in [0.2, 0.25) is 5.02 Å². The highest BCUT2D eigenvalue weighted by atomic mass is 35.5. The number of halogens is 1. The lowest BCUT2D eigenvalue weighted by molar-refractivity contribution is 0.153. The van der Waals surface area contributed by atoms with Crippen LogP contribution in [0.1, 0.15) is 31.2 Å². The highest BCUT2D eigenvalue weighted by Crippen LogP contribution is 2.20. The Kier molecular flexibility index (Phi) is 5.68. The van der Waals surface area contributed by atoms with Crippen LogP contribution >= 0.6 is 11.6 Å². The maximum Gasteiger partial charge on any atom is 0.411 e. The first-order valence-corrected chi connectivity index (χ1v) is 7.46. The van der Waals surface area contributed by atoms with Crippen LogP contribution in [-0.2, 0) is 4.74 Å². The SMILES string of the molecule is Cc1ccc(NC(=O)OCCC2CCCCN2)cc1Cl. The van der Waals surface area contributed by atoms with Crippen LogP contribution in [0, 0.1) is 6.92 Å². The van der Waals surface area contributed by atoms with E-state index in [9.17, 15) is 4.79 Å². The van der Waals surface area contributed by atoms with E-state index in [1.165, 1.54) is 19.3 Å². The summed E-state index contributed by atoms with van der Waals surface area (Å²) in [5.41, 5.74) is 1.63. The fourth-order valence-electron chi connectivity index (χ4n) is 2.29. The summed E-state index contributed by atoms with van der Waals surface area (Å²) in [6.45, 7) is 3.42. The lowest BCUT2D eigenvalue weighted by Gasteiger charge is -2.23. The molecule has 1 saturated heterocycles. The summed E-state index contributed by atoms with van der Waals surface area (Å²) in [6, 6.07) is 5.88. The van der Waals surface area contributed by atoms with Crippen molar-refractivity contribution in [1.82, 2.24) is 5.32 Å². The van der Waals surface area contributed by atoms with Gasteiger partial charge in [0.2, 0.25) is 0 Å². The number of carbonyl (C=O) groups is 1. The molecule has 1 aliphatic heterocycles. The molecule has 0 aromatic heterocycles. The van der Waals surface area contributed by atoms with E-state index in [-0.39, 0.29) is 0 Å². The van der Waals surface area contributed by atoms with Crippen molar-refractivity contribution in [2.75, 3.05) is 18.5 Å². The van der Waals surface area contributed by atoms with Crippen LogP contribution in [0.15, 0.2) is 18.2 Å². The summed E-state index contributed by atoms with van der Waals surface area (Å²) < 4.78 is 5.19. The number of benzene rings is 1. The van der Waals surface area contributed by atoms with Crippen LogP contribution in [-0.4, -0.2) is 25.3 Å². The van der Waals surface area contributed by atoms with Crippen LogP contribution in [0.5, 0.6) is 0 Å². The number of hydrogen-bond donors (Lipinski definition) is 2. The monoisotopic (exact) mass is 296 g/mol. The molecule has 1 aliphatic rings. The Labute approximate surface area is 124 Å². The molecule has 1 atom stereocenters. The number of nitrogens with one attached hydrogen (secondary N) is 2. The zero-order chi connectivity index (χ0) is 14.4.